The molecule has 0 aliphatic rings. The molecule has 0 atom stereocenters. The first kappa shape index (κ1) is 31.7. The minimum Gasteiger partial charge on any atom is -0.0622 e. The van der Waals surface area contributed by atoms with Gasteiger partial charge in [0.15, 0.2) is 0 Å². The Morgan fingerprint density at radius 1 is 0.148 bits per heavy atom. The highest BCUT2D eigenvalue weighted by Crippen LogP contribution is 2.47. The molecule has 0 aliphatic heterocycles. The lowest BCUT2D eigenvalue weighted by atomic mass is 9.82. The zero-order valence-corrected chi connectivity index (χ0v) is 29.8. The minimum atomic E-state index is 1.21. The lowest BCUT2D eigenvalue weighted by Crippen LogP contribution is -1.94. The van der Waals surface area contributed by atoms with Crippen molar-refractivity contribution in [3.05, 3.63) is 218 Å². The van der Waals surface area contributed by atoms with Crippen LogP contribution >= 0.6 is 0 Å². The van der Waals surface area contributed by atoms with Crippen LogP contribution in [-0.4, -0.2) is 0 Å². The summed E-state index contributed by atoms with van der Waals surface area (Å²) in [6.45, 7) is 0. The predicted octanol–water partition coefficient (Wildman–Crippen LogP) is 15.1. The molecule has 10 aromatic carbocycles. The van der Waals surface area contributed by atoms with E-state index in [1.807, 2.05) is 0 Å². The van der Waals surface area contributed by atoms with E-state index in [0.29, 0.717) is 0 Å². The smallest absolute Gasteiger partial charge is 0.00264 e. The fourth-order valence-corrected chi connectivity index (χ4v) is 8.51. The molecular formula is C54H36. The second kappa shape index (κ2) is 13.5. The fourth-order valence-electron chi connectivity index (χ4n) is 8.51. The van der Waals surface area contributed by atoms with Crippen LogP contribution in [0.5, 0.6) is 0 Å². The van der Waals surface area contributed by atoms with Gasteiger partial charge in [-0.15, -0.1) is 0 Å². The first-order valence-corrected chi connectivity index (χ1v) is 18.7. The van der Waals surface area contributed by atoms with Gasteiger partial charge in [0, 0.05) is 0 Å². The Kier molecular flexibility index (Phi) is 7.93. The van der Waals surface area contributed by atoms with Gasteiger partial charge >= 0.3 is 0 Å². The van der Waals surface area contributed by atoms with Gasteiger partial charge in [0.05, 0.1) is 0 Å². The van der Waals surface area contributed by atoms with E-state index >= 15 is 0 Å². The van der Waals surface area contributed by atoms with Gasteiger partial charge in [-0.2, -0.15) is 0 Å². The standard InChI is InChI=1S/C54H36/c1-5-17-37(18-6-1)41-25-13-29-45-43(41)27-15-31-47(45)49-33-35-52-51(53(49)39-21-9-3-10-22-39)36-34-50(54(52)40-23-11-4-12-24-40)48-32-16-28-44-42(26-14-30-46(44)48)38-19-7-2-8-20-38/h1-36H. The number of hydrogen-bond donors (Lipinski definition) is 0. The Morgan fingerprint density at radius 3 is 0.796 bits per heavy atom. The van der Waals surface area contributed by atoms with E-state index in [1.165, 1.54) is 99.1 Å². The largest absolute Gasteiger partial charge is 0.0622 e. The molecule has 0 heterocycles. The van der Waals surface area contributed by atoms with Crippen LogP contribution in [0.4, 0.5) is 0 Å². The summed E-state index contributed by atoms with van der Waals surface area (Å²) in [7, 11) is 0. The Bertz CT molecular complexity index is 2740. The van der Waals surface area contributed by atoms with Crippen molar-refractivity contribution in [2.75, 3.05) is 0 Å². The first-order valence-electron chi connectivity index (χ1n) is 18.7. The highest BCUT2D eigenvalue weighted by molar-refractivity contribution is 6.17. The maximum absolute atomic E-state index is 2.36. The molecule has 0 amide bonds. The Morgan fingerprint density at radius 2 is 0.444 bits per heavy atom. The summed E-state index contributed by atoms with van der Waals surface area (Å²) in [5, 5.41) is 7.49. The van der Waals surface area contributed by atoms with Crippen molar-refractivity contribution in [1.82, 2.24) is 0 Å². The monoisotopic (exact) mass is 684 g/mol. The first-order chi connectivity index (χ1) is 26.8. The summed E-state index contributed by atoms with van der Waals surface area (Å²) < 4.78 is 0. The topological polar surface area (TPSA) is 0 Å². The van der Waals surface area contributed by atoms with E-state index in [2.05, 4.69) is 218 Å². The van der Waals surface area contributed by atoms with Crippen molar-refractivity contribution in [1.29, 1.82) is 0 Å². The highest BCUT2D eigenvalue weighted by atomic mass is 14.2. The van der Waals surface area contributed by atoms with Crippen molar-refractivity contribution in [2.24, 2.45) is 0 Å². The number of benzene rings is 10. The maximum atomic E-state index is 2.36. The van der Waals surface area contributed by atoms with Gasteiger partial charge in [0.2, 0.25) is 0 Å². The zero-order chi connectivity index (χ0) is 35.8. The summed E-state index contributed by atoms with van der Waals surface area (Å²) in [6.07, 6.45) is 0. The molecule has 0 spiro atoms. The molecule has 0 N–H and O–H groups in total. The second-order valence-electron chi connectivity index (χ2n) is 13.9. The van der Waals surface area contributed by atoms with E-state index < -0.39 is 0 Å². The van der Waals surface area contributed by atoms with Gasteiger partial charge < -0.3 is 0 Å². The molecule has 252 valence electrons. The van der Waals surface area contributed by atoms with E-state index in [4.69, 9.17) is 0 Å². The van der Waals surface area contributed by atoms with Crippen LogP contribution in [0.25, 0.3) is 99.1 Å². The molecule has 10 rings (SSSR count). The van der Waals surface area contributed by atoms with E-state index in [1.54, 1.807) is 0 Å². The van der Waals surface area contributed by atoms with Crippen LogP contribution in [0.3, 0.4) is 0 Å². The van der Waals surface area contributed by atoms with Gasteiger partial charge in [-0.05, 0) is 99.1 Å². The van der Waals surface area contributed by atoms with E-state index in [0.717, 1.165) is 0 Å². The molecule has 0 radical (unpaired) electrons. The third-order valence-electron chi connectivity index (χ3n) is 10.9. The third kappa shape index (κ3) is 5.40. The van der Waals surface area contributed by atoms with Crippen LogP contribution < -0.4 is 0 Å². The second-order valence-corrected chi connectivity index (χ2v) is 13.9. The van der Waals surface area contributed by atoms with Gasteiger partial charge in [-0.25, -0.2) is 0 Å². The van der Waals surface area contributed by atoms with Gasteiger partial charge in [0.1, 0.15) is 0 Å². The molecule has 0 fully saturated rings. The van der Waals surface area contributed by atoms with Crippen LogP contribution in [0.2, 0.25) is 0 Å². The zero-order valence-electron chi connectivity index (χ0n) is 29.8. The molecule has 0 aromatic heterocycles. The minimum absolute atomic E-state index is 1.21. The lowest BCUT2D eigenvalue weighted by Gasteiger charge is -2.21. The summed E-state index contributed by atoms with van der Waals surface area (Å²) in [6, 6.07) is 79.7. The molecule has 0 unspecified atom stereocenters. The molecule has 0 saturated carbocycles. The van der Waals surface area contributed by atoms with Gasteiger partial charge in [0.25, 0.3) is 0 Å². The normalized spacial score (nSPS) is 11.3. The number of hydrogen-bond acceptors (Lipinski definition) is 0. The Labute approximate surface area is 316 Å². The maximum Gasteiger partial charge on any atom is -0.00264 e. The van der Waals surface area contributed by atoms with Crippen molar-refractivity contribution in [3.63, 3.8) is 0 Å². The third-order valence-corrected chi connectivity index (χ3v) is 10.9. The van der Waals surface area contributed by atoms with Crippen LogP contribution in [0.1, 0.15) is 0 Å². The fraction of sp³-hybridized carbons (Fsp3) is 0. The van der Waals surface area contributed by atoms with Crippen LogP contribution in [0.15, 0.2) is 218 Å². The molecule has 0 nitrogen and oxygen atoms in total. The molecule has 0 aliphatic carbocycles. The van der Waals surface area contributed by atoms with Crippen molar-refractivity contribution in [3.8, 4) is 66.8 Å². The molecule has 0 heteroatoms. The number of rotatable bonds is 6. The van der Waals surface area contributed by atoms with Gasteiger partial charge in [-0.1, -0.05) is 218 Å². The quantitative estimate of drug-likeness (QED) is 0.164. The Hall–Kier alpha value is -7.02. The molecule has 54 heavy (non-hydrogen) atoms. The van der Waals surface area contributed by atoms with Crippen molar-refractivity contribution >= 4 is 32.3 Å². The highest BCUT2D eigenvalue weighted by Gasteiger charge is 2.20. The van der Waals surface area contributed by atoms with E-state index in [9.17, 15) is 0 Å². The lowest BCUT2D eigenvalue weighted by molar-refractivity contribution is 1.60. The van der Waals surface area contributed by atoms with Crippen LogP contribution in [0, 0.1) is 0 Å². The molecular weight excluding hydrogens is 649 g/mol. The average molecular weight is 685 g/mol. The Balaban J connectivity index is 1.26. The molecule has 0 bridgehead atoms. The summed E-state index contributed by atoms with van der Waals surface area (Å²) in [4.78, 5) is 0. The van der Waals surface area contributed by atoms with Crippen molar-refractivity contribution < 1.29 is 0 Å². The van der Waals surface area contributed by atoms with Gasteiger partial charge in [-0.3, -0.25) is 0 Å². The predicted molar refractivity (Wildman–Crippen MR) is 232 cm³/mol. The SMILES string of the molecule is c1ccc(-c2cccc3c(-c4ccc5c(-c6ccccc6)c(-c6cccc7c(-c8ccccc8)cccc67)ccc5c4-c4ccccc4)cccc23)cc1. The number of fused-ring (bicyclic) bond motifs is 3. The summed E-state index contributed by atoms with van der Waals surface area (Å²) >= 11 is 0. The molecule has 0 saturated heterocycles. The van der Waals surface area contributed by atoms with Crippen LogP contribution in [-0.2, 0) is 0 Å². The van der Waals surface area contributed by atoms with Crippen molar-refractivity contribution in [2.45, 2.75) is 0 Å². The average Bonchev–Trinajstić information content (AvgIpc) is 3.26. The summed E-state index contributed by atoms with van der Waals surface area (Å²) in [5.41, 5.74) is 14.8. The summed E-state index contributed by atoms with van der Waals surface area (Å²) in [5.74, 6) is 0. The molecule has 10 aromatic rings. The van der Waals surface area contributed by atoms with E-state index in [-0.39, 0.29) is 0 Å².